The molecule has 0 aromatic heterocycles. The Kier molecular flexibility index (Phi) is 8.08. The molecule has 3 N–H and O–H groups in total. The predicted octanol–water partition coefficient (Wildman–Crippen LogP) is 3.82. The highest BCUT2D eigenvalue weighted by Crippen LogP contribution is 2.30. The number of benzene rings is 2. The van der Waals surface area contributed by atoms with Gasteiger partial charge in [0.25, 0.3) is 5.91 Å². The van der Waals surface area contributed by atoms with Crippen LogP contribution in [0.4, 0.5) is 0 Å². The van der Waals surface area contributed by atoms with Gasteiger partial charge in [-0.25, -0.2) is 0 Å². The van der Waals surface area contributed by atoms with Gasteiger partial charge in [0.05, 0.1) is 23.0 Å². The van der Waals surface area contributed by atoms with E-state index in [9.17, 15) is 9.59 Å². The van der Waals surface area contributed by atoms with Crippen molar-refractivity contribution in [1.82, 2.24) is 10.2 Å². The van der Waals surface area contributed by atoms with Crippen LogP contribution in [0.2, 0.25) is 5.02 Å². The lowest BCUT2D eigenvalue weighted by molar-refractivity contribution is -0.131. The summed E-state index contributed by atoms with van der Waals surface area (Å²) in [7, 11) is 0. The van der Waals surface area contributed by atoms with E-state index >= 15 is 0 Å². The molecule has 1 aliphatic heterocycles. The number of rotatable bonds is 6. The van der Waals surface area contributed by atoms with Crippen molar-refractivity contribution in [2.24, 2.45) is 11.1 Å². The quantitative estimate of drug-likeness (QED) is 0.723. The highest BCUT2D eigenvalue weighted by molar-refractivity contribution is 6.33. The van der Waals surface area contributed by atoms with Crippen LogP contribution in [0, 0.1) is 5.41 Å². The van der Waals surface area contributed by atoms with Gasteiger partial charge in [-0.2, -0.15) is 0 Å². The van der Waals surface area contributed by atoms with E-state index in [2.05, 4.69) is 12.2 Å². The Labute approximate surface area is 183 Å². The topological polar surface area (TPSA) is 75.4 Å². The fraction of sp³-hybridized carbons (Fsp3) is 0.364. The van der Waals surface area contributed by atoms with Crippen LogP contribution in [-0.4, -0.2) is 36.3 Å². The number of carbonyl (C=O) groups excluding carboxylic acids is 2. The van der Waals surface area contributed by atoms with Crippen molar-refractivity contribution in [1.29, 1.82) is 0 Å². The molecular weight excluding hydrogens is 409 g/mol. The van der Waals surface area contributed by atoms with Crippen LogP contribution < -0.4 is 11.1 Å². The molecule has 3 rings (SSSR count). The highest BCUT2D eigenvalue weighted by Gasteiger charge is 2.35. The average Bonchev–Trinajstić information content (AvgIpc) is 3.11. The molecule has 0 spiro atoms. The van der Waals surface area contributed by atoms with Crippen LogP contribution in [0.1, 0.15) is 41.7 Å². The van der Waals surface area contributed by atoms with Crippen molar-refractivity contribution < 1.29 is 9.59 Å². The van der Waals surface area contributed by atoms with E-state index in [1.54, 1.807) is 24.3 Å². The maximum atomic E-state index is 12.9. The molecule has 1 heterocycles. The van der Waals surface area contributed by atoms with Crippen molar-refractivity contribution in [3.63, 3.8) is 0 Å². The SMILES string of the molecule is CC1(CN)CCN(C(=O)CC(NC(=O)c2ccccc2Cl)c2ccccc2)C1.Cl. The molecule has 0 bridgehead atoms. The first-order valence-electron chi connectivity index (χ1n) is 9.50. The molecule has 0 aliphatic carbocycles. The zero-order valence-electron chi connectivity index (χ0n) is 16.4. The summed E-state index contributed by atoms with van der Waals surface area (Å²) in [5, 5.41) is 3.37. The lowest BCUT2D eigenvalue weighted by Gasteiger charge is -2.25. The summed E-state index contributed by atoms with van der Waals surface area (Å²) < 4.78 is 0. The fourth-order valence-electron chi connectivity index (χ4n) is 3.53. The number of nitrogens with two attached hydrogens (primary N) is 1. The number of nitrogens with one attached hydrogen (secondary N) is 1. The van der Waals surface area contributed by atoms with E-state index in [0.29, 0.717) is 30.2 Å². The number of nitrogens with zero attached hydrogens (tertiary/aromatic N) is 1. The first-order valence-corrected chi connectivity index (χ1v) is 9.88. The van der Waals surface area contributed by atoms with E-state index in [0.717, 1.165) is 12.0 Å². The number of amides is 2. The van der Waals surface area contributed by atoms with Crippen molar-refractivity contribution >= 4 is 35.8 Å². The third-order valence-electron chi connectivity index (χ3n) is 5.41. The summed E-state index contributed by atoms with van der Waals surface area (Å²) in [6, 6.07) is 16.0. The van der Waals surface area contributed by atoms with Gasteiger partial charge >= 0.3 is 0 Å². The van der Waals surface area contributed by atoms with E-state index in [4.69, 9.17) is 17.3 Å². The van der Waals surface area contributed by atoms with Gasteiger partial charge in [-0.15, -0.1) is 12.4 Å². The maximum Gasteiger partial charge on any atom is 0.253 e. The number of likely N-dealkylation sites (tertiary alicyclic amines) is 1. The van der Waals surface area contributed by atoms with E-state index in [1.807, 2.05) is 35.2 Å². The Morgan fingerprint density at radius 3 is 2.45 bits per heavy atom. The molecule has 0 radical (unpaired) electrons. The monoisotopic (exact) mass is 435 g/mol. The molecule has 156 valence electrons. The standard InChI is InChI=1S/C22H26ClN3O2.ClH/c1-22(14-24)11-12-26(15-22)20(27)13-19(16-7-3-2-4-8-16)25-21(28)17-9-5-6-10-18(17)23;/h2-10,19H,11-15,24H2,1H3,(H,25,28);1H. The maximum absolute atomic E-state index is 12.9. The van der Waals surface area contributed by atoms with Gasteiger partial charge in [0, 0.05) is 13.1 Å². The van der Waals surface area contributed by atoms with Crippen molar-refractivity contribution in [3.05, 3.63) is 70.7 Å². The Balaban J connectivity index is 0.00000300. The van der Waals surface area contributed by atoms with Crippen LogP contribution in [0.15, 0.2) is 54.6 Å². The van der Waals surface area contributed by atoms with Crippen LogP contribution in [0.3, 0.4) is 0 Å². The third-order valence-corrected chi connectivity index (χ3v) is 5.74. The predicted molar refractivity (Wildman–Crippen MR) is 118 cm³/mol. The molecular formula is C22H27Cl2N3O2. The van der Waals surface area contributed by atoms with Gasteiger partial charge in [0.2, 0.25) is 5.91 Å². The molecule has 2 amide bonds. The number of hydrogen-bond acceptors (Lipinski definition) is 3. The fourth-order valence-corrected chi connectivity index (χ4v) is 3.75. The molecule has 1 fully saturated rings. The Bertz CT molecular complexity index is 847. The smallest absolute Gasteiger partial charge is 0.253 e. The molecule has 1 saturated heterocycles. The molecule has 1 aliphatic rings. The number of halogens is 2. The lowest BCUT2D eigenvalue weighted by atomic mass is 9.90. The Morgan fingerprint density at radius 1 is 1.17 bits per heavy atom. The Morgan fingerprint density at radius 2 is 1.83 bits per heavy atom. The normalized spacial score (nSPS) is 19.3. The summed E-state index contributed by atoms with van der Waals surface area (Å²) in [4.78, 5) is 27.5. The molecule has 2 aromatic rings. The zero-order chi connectivity index (χ0) is 20.1. The zero-order valence-corrected chi connectivity index (χ0v) is 18.0. The molecule has 2 unspecified atom stereocenters. The minimum Gasteiger partial charge on any atom is -0.345 e. The molecule has 7 heteroatoms. The van der Waals surface area contributed by atoms with Crippen molar-refractivity contribution in [2.45, 2.75) is 25.8 Å². The summed E-state index contributed by atoms with van der Waals surface area (Å²) in [5.41, 5.74) is 7.11. The number of carbonyl (C=O) groups is 2. The van der Waals surface area contributed by atoms with E-state index in [1.165, 1.54) is 0 Å². The third kappa shape index (κ3) is 5.72. The average molecular weight is 436 g/mol. The molecule has 2 aromatic carbocycles. The van der Waals surface area contributed by atoms with Gasteiger partial charge in [-0.05, 0) is 36.1 Å². The van der Waals surface area contributed by atoms with Gasteiger partial charge < -0.3 is 16.0 Å². The van der Waals surface area contributed by atoms with E-state index in [-0.39, 0.29) is 36.1 Å². The first-order chi connectivity index (χ1) is 13.4. The molecule has 29 heavy (non-hydrogen) atoms. The number of hydrogen-bond donors (Lipinski definition) is 2. The summed E-state index contributed by atoms with van der Waals surface area (Å²) in [6.07, 6.45) is 1.10. The highest BCUT2D eigenvalue weighted by atomic mass is 35.5. The second-order valence-electron chi connectivity index (χ2n) is 7.70. The lowest BCUT2D eigenvalue weighted by Crippen LogP contribution is -2.37. The van der Waals surface area contributed by atoms with Crippen molar-refractivity contribution in [2.75, 3.05) is 19.6 Å². The van der Waals surface area contributed by atoms with Crippen LogP contribution in [0.5, 0.6) is 0 Å². The minimum absolute atomic E-state index is 0. The summed E-state index contributed by atoms with van der Waals surface area (Å²) >= 11 is 6.16. The van der Waals surface area contributed by atoms with Gasteiger partial charge in [0.15, 0.2) is 0 Å². The van der Waals surface area contributed by atoms with Crippen molar-refractivity contribution in [3.8, 4) is 0 Å². The minimum atomic E-state index is -0.429. The van der Waals surface area contributed by atoms with Gasteiger partial charge in [0.1, 0.15) is 0 Å². The second kappa shape index (κ2) is 10.1. The van der Waals surface area contributed by atoms with Gasteiger partial charge in [-0.3, -0.25) is 9.59 Å². The van der Waals surface area contributed by atoms with Gasteiger partial charge in [-0.1, -0.05) is 61.0 Å². The summed E-state index contributed by atoms with van der Waals surface area (Å²) in [6.45, 7) is 4.02. The first kappa shape index (κ1) is 23.2. The Hall–Kier alpha value is -2.08. The molecule has 5 nitrogen and oxygen atoms in total. The van der Waals surface area contributed by atoms with Crippen LogP contribution >= 0.6 is 24.0 Å². The second-order valence-corrected chi connectivity index (χ2v) is 8.11. The largest absolute Gasteiger partial charge is 0.345 e. The summed E-state index contributed by atoms with van der Waals surface area (Å²) in [5.74, 6) is -0.272. The van der Waals surface area contributed by atoms with Crippen LogP contribution in [0.25, 0.3) is 0 Å². The van der Waals surface area contributed by atoms with E-state index < -0.39 is 6.04 Å². The van der Waals surface area contributed by atoms with Crippen LogP contribution in [-0.2, 0) is 4.79 Å². The molecule has 0 saturated carbocycles. The molecule has 2 atom stereocenters.